The minimum Gasteiger partial charge on any atom is -0.382 e. The SMILES string of the molecule is CCOCCCn1c(-c2ccccc2C)nc2ccccc21. The summed E-state index contributed by atoms with van der Waals surface area (Å²) >= 11 is 0. The molecule has 0 aliphatic heterocycles. The van der Waals surface area contributed by atoms with E-state index in [1.165, 1.54) is 16.6 Å². The molecule has 3 nitrogen and oxygen atoms in total. The van der Waals surface area contributed by atoms with Gasteiger partial charge in [-0.2, -0.15) is 0 Å². The minimum absolute atomic E-state index is 0.773. The van der Waals surface area contributed by atoms with Crippen molar-refractivity contribution in [1.29, 1.82) is 0 Å². The Morgan fingerprint density at radius 2 is 1.82 bits per heavy atom. The molecule has 114 valence electrons. The fraction of sp³-hybridized carbons (Fsp3) is 0.316. The molecule has 3 rings (SSSR count). The third-order valence-electron chi connectivity index (χ3n) is 3.92. The molecule has 0 aliphatic rings. The quantitative estimate of drug-likeness (QED) is 0.628. The average molecular weight is 294 g/mol. The number of para-hydroxylation sites is 2. The summed E-state index contributed by atoms with van der Waals surface area (Å²) in [5.74, 6) is 1.05. The Bertz CT molecular complexity index is 761. The Labute approximate surface area is 131 Å². The number of nitrogens with zero attached hydrogens (tertiary/aromatic N) is 2. The van der Waals surface area contributed by atoms with Crippen molar-refractivity contribution in [3.05, 3.63) is 54.1 Å². The number of aryl methyl sites for hydroxylation is 2. The van der Waals surface area contributed by atoms with Gasteiger partial charge in [0.1, 0.15) is 5.82 Å². The number of benzene rings is 2. The number of fused-ring (bicyclic) bond motifs is 1. The van der Waals surface area contributed by atoms with Crippen molar-refractivity contribution in [3.8, 4) is 11.4 Å². The number of hydrogen-bond acceptors (Lipinski definition) is 2. The lowest BCUT2D eigenvalue weighted by molar-refractivity contribution is 0.142. The normalized spacial score (nSPS) is 11.2. The summed E-state index contributed by atoms with van der Waals surface area (Å²) in [7, 11) is 0. The predicted octanol–water partition coefficient (Wildman–Crippen LogP) is 4.44. The molecule has 0 saturated carbocycles. The van der Waals surface area contributed by atoms with Gasteiger partial charge >= 0.3 is 0 Å². The molecule has 1 aromatic heterocycles. The van der Waals surface area contributed by atoms with E-state index in [9.17, 15) is 0 Å². The number of aromatic nitrogens is 2. The Hall–Kier alpha value is -2.13. The molecule has 0 saturated heterocycles. The summed E-state index contributed by atoms with van der Waals surface area (Å²) in [5.41, 5.74) is 4.70. The van der Waals surface area contributed by atoms with Crippen molar-refractivity contribution in [2.45, 2.75) is 26.8 Å². The highest BCUT2D eigenvalue weighted by atomic mass is 16.5. The smallest absolute Gasteiger partial charge is 0.141 e. The van der Waals surface area contributed by atoms with Crippen LogP contribution >= 0.6 is 0 Å². The van der Waals surface area contributed by atoms with Gasteiger partial charge in [-0.15, -0.1) is 0 Å². The maximum Gasteiger partial charge on any atom is 0.141 e. The summed E-state index contributed by atoms with van der Waals surface area (Å²) < 4.78 is 7.80. The van der Waals surface area contributed by atoms with Crippen LogP contribution in [0.5, 0.6) is 0 Å². The Morgan fingerprint density at radius 3 is 2.64 bits per heavy atom. The Balaban J connectivity index is 2.03. The molecule has 3 aromatic rings. The summed E-state index contributed by atoms with van der Waals surface area (Å²) in [6.45, 7) is 6.65. The highest BCUT2D eigenvalue weighted by Crippen LogP contribution is 2.27. The highest BCUT2D eigenvalue weighted by Gasteiger charge is 2.13. The molecule has 22 heavy (non-hydrogen) atoms. The van der Waals surface area contributed by atoms with E-state index in [1.807, 2.05) is 13.0 Å². The lowest BCUT2D eigenvalue weighted by Crippen LogP contribution is -2.05. The summed E-state index contributed by atoms with van der Waals surface area (Å²) in [6.07, 6.45) is 0.993. The first-order valence-electron chi connectivity index (χ1n) is 7.90. The van der Waals surface area contributed by atoms with Crippen molar-refractivity contribution in [3.63, 3.8) is 0 Å². The van der Waals surface area contributed by atoms with Crippen LogP contribution in [0.25, 0.3) is 22.4 Å². The van der Waals surface area contributed by atoms with Gasteiger partial charge in [0.2, 0.25) is 0 Å². The average Bonchev–Trinajstić information content (AvgIpc) is 2.90. The van der Waals surface area contributed by atoms with Crippen molar-refractivity contribution in [2.75, 3.05) is 13.2 Å². The summed E-state index contributed by atoms with van der Waals surface area (Å²) in [5, 5.41) is 0. The molecular weight excluding hydrogens is 272 g/mol. The summed E-state index contributed by atoms with van der Waals surface area (Å²) in [4.78, 5) is 4.86. The lowest BCUT2D eigenvalue weighted by Gasteiger charge is -2.11. The monoisotopic (exact) mass is 294 g/mol. The van der Waals surface area contributed by atoms with Gasteiger partial charge in [-0.3, -0.25) is 0 Å². The first kappa shape index (κ1) is 14.8. The number of hydrogen-bond donors (Lipinski definition) is 0. The molecule has 0 bridgehead atoms. The van der Waals surface area contributed by atoms with E-state index in [4.69, 9.17) is 9.72 Å². The molecule has 0 spiro atoms. The maximum absolute atomic E-state index is 5.48. The molecular formula is C19H22N2O. The van der Waals surface area contributed by atoms with Gasteiger partial charge in [0.05, 0.1) is 11.0 Å². The van der Waals surface area contributed by atoms with Crippen LogP contribution in [0.1, 0.15) is 18.9 Å². The van der Waals surface area contributed by atoms with E-state index in [1.54, 1.807) is 0 Å². The van der Waals surface area contributed by atoms with E-state index in [-0.39, 0.29) is 0 Å². The highest BCUT2D eigenvalue weighted by molar-refractivity contribution is 5.81. The van der Waals surface area contributed by atoms with Crippen LogP contribution in [0.3, 0.4) is 0 Å². The second-order valence-electron chi connectivity index (χ2n) is 5.44. The van der Waals surface area contributed by atoms with Gasteiger partial charge in [0.25, 0.3) is 0 Å². The second kappa shape index (κ2) is 6.75. The summed E-state index contributed by atoms with van der Waals surface area (Å²) in [6, 6.07) is 16.8. The van der Waals surface area contributed by atoms with Crippen LogP contribution in [-0.2, 0) is 11.3 Å². The molecule has 0 atom stereocenters. The van der Waals surface area contributed by atoms with E-state index in [2.05, 4.69) is 54.0 Å². The molecule has 0 N–H and O–H groups in total. The van der Waals surface area contributed by atoms with Crippen molar-refractivity contribution in [1.82, 2.24) is 9.55 Å². The van der Waals surface area contributed by atoms with Gasteiger partial charge in [-0.25, -0.2) is 4.98 Å². The van der Waals surface area contributed by atoms with Gasteiger partial charge in [0, 0.05) is 25.3 Å². The van der Waals surface area contributed by atoms with Crippen LogP contribution < -0.4 is 0 Å². The molecule has 0 radical (unpaired) electrons. The zero-order chi connectivity index (χ0) is 15.4. The Morgan fingerprint density at radius 1 is 1.05 bits per heavy atom. The number of rotatable bonds is 6. The van der Waals surface area contributed by atoms with E-state index >= 15 is 0 Å². The van der Waals surface area contributed by atoms with Crippen molar-refractivity contribution in [2.24, 2.45) is 0 Å². The van der Waals surface area contributed by atoms with Gasteiger partial charge < -0.3 is 9.30 Å². The third-order valence-corrected chi connectivity index (χ3v) is 3.92. The maximum atomic E-state index is 5.48. The van der Waals surface area contributed by atoms with E-state index in [0.717, 1.165) is 37.5 Å². The molecule has 3 heteroatoms. The zero-order valence-electron chi connectivity index (χ0n) is 13.2. The molecule has 0 amide bonds. The fourth-order valence-electron chi connectivity index (χ4n) is 2.80. The number of ether oxygens (including phenoxy) is 1. The van der Waals surface area contributed by atoms with Gasteiger partial charge in [0.15, 0.2) is 0 Å². The predicted molar refractivity (Wildman–Crippen MR) is 91.0 cm³/mol. The van der Waals surface area contributed by atoms with Crippen molar-refractivity contribution < 1.29 is 4.74 Å². The first-order chi connectivity index (χ1) is 10.8. The standard InChI is InChI=1S/C19H22N2O/c1-3-22-14-8-13-21-18-12-7-6-11-17(18)20-19(21)16-10-5-4-9-15(16)2/h4-7,9-12H,3,8,13-14H2,1-2H3. The third kappa shape index (κ3) is 2.90. The minimum atomic E-state index is 0.773. The van der Waals surface area contributed by atoms with Gasteiger partial charge in [-0.1, -0.05) is 36.4 Å². The topological polar surface area (TPSA) is 27.1 Å². The lowest BCUT2D eigenvalue weighted by atomic mass is 10.1. The van der Waals surface area contributed by atoms with E-state index in [0.29, 0.717) is 0 Å². The van der Waals surface area contributed by atoms with Crippen LogP contribution in [-0.4, -0.2) is 22.8 Å². The molecule has 0 aliphatic carbocycles. The van der Waals surface area contributed by atoms with Crippen LogP contribution in [0, 0.1) is 6.92 Å². The first-order valence-corrected chi connectivity index (χ1v) is 7.90. The molecule has 2 aromatic carbocycles. The Kier molecular flexibility index (Phi) is 4.54. The largest absolute Gasteiger partial charge is 0.382 e. The van der Waals surface area contributed by atoms with Crippen LogP contribution in [0.15, 0.2) is 48.5 Å². The molecule has 1 heterocycles. The zero-order valence-corrected chi connectivity index (χ0v) is 13.2. The van der Waals surface area contributed by atoms with Gasteiger partial charge in [-0.05, 0) is 38.0 Å². The number of imidazole rings is 1. The molecule has 0 unspecified atom stereocenters. The molecule has 0 fully saturated rings. The van der Waals surface area contributed by atoms with Crippen LogP contribution in [0.4, 0.5) is 0 Å². The van der Waals surface area contributed by atoms with E-state index < -0.39 is 0 Å². The van der Waals surface area contributed by atoms with Crippen LogP contribution in [0.2, 0.25) is 0 Å². The fourth-order valence-corrected chi connectivity index (χ4v) is 2.80. The van der Waals surface area contributed by atoms with Crippen molar-refractivity contribution >= 4 is 11.0 Å². The second-order valence-corrected chi connectivity index (χ2v) is 5.44.